The van der Waals surface area contributed by atoms with E-state index in [1.807, 2.05) is 0 Å². The van der Waals surface area contributed by atoms with Gasteiger partial charge in [-0.2, -0.15) is 0 Å². The summed E-state index contributed by atoms with van der Waals surface area (Å²) in [6, 6.07) is 0. The highest BCUT2D eigenvalue weighted by Crippen LogP contribution is 2.23. The third-order valence-corrected chi connectivity index (χ3v) is 5.94. The molecule has 16 heteroatoms. The summed E-state index contributed by atoms with van der Waals surface area (Å²) in [7, 11) is 0. The Kier molecular flexibility index (Phi) is 21.2. The fourth-order valence-electron chi connectivity index (χ4n) is 3.14. The predicted molar refractivity (Wildman–Crippen MR) is 172 cm³/mol. The third kappa shape index (κ3) is 18.9. The Morgan fingerprint density at radius 1 is 0.340 bits per heavy atom. The molecule has 0 aromatic heterocycles. The summed E-state index contributed by atoms with van der Waals surface area (Å²) in [6.45, 7) is 15.5. The van der Waals surface area contributed by atoms with E-state index in [4.69, 9.17) is 37.9 Å². The molecule has 272 valence electrons. The van der Waals surface area contributed by atoms with Gasteiger partial charge >= 0.3 is 47.8 Å². The summed E-state index contributed by atoms with van der Waals surface area (Å²) >= 11 is 0. The topological polar surface area (TPSA) is 210 Å². The summed E-state index contributed by atoms with van der Waals surface area (Å²) in [4.78, 5) is 95.4. The van der Waals surface area contributed by atoms with Crippen molar-refractivity contribution in [2.75, 3.05) is 52.9 Å². The molecule has 0 unspecified atom stereocenters. The van der Waals surface area contributed by atoms with Gasteiger partial charge in [0.25, 0.3) is 0 Å². The Balaban J connectivity index is 5.59. The Morgan fingerprint density at radius 2 is 0.520 bits per heavy atom. The molecule has 0 aromatic carbocycles. The van der Waals surface area contributed by atoms with Crippen LogP contribution in [-0.4, -0.2) is 101 Å². The van der Waals surface area contributed by atoms with E-state index in [2.05, 4.69) is 39.5 Å². The van der Waals surface area contributed by atoms with Crippen LogP contribution in [0, 0.1) is 10.8 Å². The van der Waals surface area contributed by atoms with Gasteiger partial charge in [0.05, 0.1) is 12.8 Å². The van der Waals surface area contributed by atoms with Crippen molar-refractivity contribution in [3.63, 3.8) is 0 Å². The van der Waals surface area contributed by atoms with Crippen LogP contribution in [0.3, 0.4) is 0 Å². The molecule has 16 nitrogen and oxygen atoms in total. The largest absolute Gasteiger partial charge is 0.464 e. The molecule has 0 saturated heterocycles. The van der Waals surface area contributed by atoms with Crippen molar-refractivity contribution < 1.29 is 76.3 Å². The average Bonchev–Trinajstić information content (AvgIpc) is 3.13. The highest BCUT2D eigenvalue weighted by atomic mass is 16.6. The molecule has 0 atom stereocenters. The van der Waals surface area contributed by atoms with Crippen LogP contribution in [0.2, 0.25) is 0 Å². The Bertz CT molecular complexity index is 1120. The molecule has 0 aliphatic heterocycles. The maximum absolute atomic E-state index is 12.5. The molecular formula is C34H40O16. The van der Waals surface area contributed by atoms with Gasteiger partial charge in [0, 0.05) is 36.5 Å². The first-order chi connectivity index (χ1) is 23.7. The SMILES string of the molecule is C=CC(=O)OCC(COC(=O)C=C)(COC(=O)C=C)COC(=O)C/C=C/CC(=O)OCC(COC(=O)C=C)(COC(=O)C=C)COC(=O)C=C. The van der Waals surface area contributed by atoms with Crippen LogP contribution in [0.1, 0.15) is 12.8 Å². The van der Waals surface area contributed by atoms with Gasteiger partial charge in [-0.3, -0.25) is 9.59 Å². The van der Waals surface area contributed by atoms with Crippen LogP contribution >= 0.6 is 0 Å². The number of hydrogen-bond acceptors (Lipinski definition) is 16. The molecule has 0 heterocycles. The smallest absolute Gasteiger partial charge is 0.330 e. The van der Waals surface area contributed by atoms with E-state index in [0.29, 0.717) is 0 Å². The zero-order valence-electron chi connectivity index (χ0n) is 27.5. The fraction of sp³-hybridized carbons (Fsp3) is 0.353. The molecule has 0 amide bonds. The predicted octanol–water partition coefficient (Wildman–Crippen LogP) is 1.76. The van der Waals surface area contributed by atoms with Gasteiger partial charge in [-0.15, -0.1) is 0 Å². The second-order valence-electron chi connectivity index (χ2n) is 10.1. The second kappa shape index (κ2) is 24.1. The van der Waals surface area contributed by atoms with Gasteiger partial charge in [0.2, 0.25) is 0 Å². The molecule has 0 aromatic rings. The van der Waals surface area contributed by atoms with Gasteiger partial charge in [-0.25, -0.2) is 28.8 Å². The highest BCUT2D eigenvalue weighted by Gasteiger charge is 2.38. The molecule has 0 fully saturated rings. The summed E-state index contributed by atoms with van der Waals surface area (Å²) in [5.74, 6) is -6.81. The van der Waals surface area contributed by atoms with E-state index in [-0.39, 0.29) is 12.8 Å². The molecular weight excluding hydrogens is 664 g/mol. The van der Waals surface area contributed by atoms with Gasteiger partial charge < -0.3 is 37.9 Å². The first kappa shape index (κ1) is 43.9. The van der Waals surface area contributed by atoms with Crippen molar-refractivity contribution in [2.45, 2.75) is 12.8 Å². The Hall–Kier alpha value is -6.06. The Labute approximate surface area is 288 Å². The molecule has 50 heavy (non-hydrogen) atoms. The number of rotatable bonds is 26. The van der Waals surface area contributed by atoms with Crippen molar-refractivity contribution >= 4 is 47.8 Å². The van der Waals surface area contributed by atoms with Crippen molar-refractivity contribution in [2.24, 2.45) is 10.8 Å². The quantitative estimate of drug-likeness (QED) is 0.0543. The van der Waals surface area contributed by atoms with Crippen LogP contribution in [0.4, 0.5) is 0 Å². The van der Waals surface area contributed by atoms with Crippen molar-refractivity contribution in [1.82, 2.24) is 0 Å². The zero-order valence-corrected chi connectivity index (χ0v) is 27.5. The number of carbonyl (C=O) groups excluding carboxylic acids is 8. The molecule has 0 radical (unpaired) electrons. The molecule has 0 spiro atoms. The lowest BCUT2D eigenvalue weighted by molar-refractivity contribution is -0.169. The number of esters is 8. The van der Waals surface area contributed by atoms with Gasteiger partial charge in [0.1, 0.15) is 63.7 Å². The van der Waals surface area contributed by atoms with Crippen LogP contribution in [0.15, 0.2) is 88.1 Å². The molecule has 0 bridgehead atoms. The van der Waals surface area contributed by atoms with Gasteiger partial charge in [-0.05, 0) is 0 Å². The van der Waals surface area contributed by atoms with Gasteiger partial charge in [0.15, 0.2) is 0 Å². The van der Waals surface area contributed by atoms with Gasteiger partial charge in [-0.1, -0.05) is 51.6 Å². The maximum atomic E-state index is 12.5. The number of hydrogen-bond donors (Lipinski definition) is 0. The van der Waals surface area contributed by atoms with Crippen molar-refractivity contribution in [1.29, 1.82) is 0 Å². The molecule has 0 saturated carbocycles. The monoisotopic (exact) mass is 704 g/mol. The fourth-order valence-corrected chi connectivity index (χ4v) is 3.14. The Morgan fingerprint density at radius 3 is 0.700 bits per heavy atom. The summed E-state index contributed by atoms with van der Waals surface area (Å²) < 4.78 is 40.9. The molecule has 0 rings (SSSR count). The molecule has 0 aliphatic rings. The van der Waals surface area contributed by atoms with Crippen LogP contribution in [-0.2, 0) is 76.3 Å². The maximum Gasteiger partial charge on any atom is 0.330 e. The third-order valence-electron chi connectivity index (χ3n) is 5.94. The van der Waals surface area contributed by atoms with Crippen LogP contribution < -0.4 is 0 Å². The lowest BCUT2D eigenvalue weighted by atomic mass is 9.92. The van der Waals surface area contributed by atoms with E-state index in [1.165, 1.54) is 12.2 Å². The number of ether oxygens (including phenoxy) is 8. The van der Waals surface area contributed by atoms with Crippen molar-refractivity contribution in [3.05, 3.63) is 88.1 Å². The zero-order chi connectivity index (χ0) is 38.0. The minimum atomic E-state index is -1.54. The molecule has 0 aliphatic carbocycles. The summed E-state index contributed by atoms with van der Waals surface area (Å²) in [5, 5.41) is 0. The first-order valence-corrected chi connectivity index (χ1v) is 14.4. The van der Waals surface area contributed by atoms with Crippen molar-refractivity contribution in [3.8, 4) is 0 Å². The standard InChI is InChI=1S/C34H40O16/c1-7-25(35)43-17-33(18-44-26(36)8-2,19-45-27(37)9-3)23-49-31(41)15-13-14-16-32(42)50-24-34(20-46-28(38)10-4,21-47-29(39)11-5)22-48-30(40)12-6/h7-14H,1-6,15-24H2/b14-13+. The average molecular weight is 705 g/mol. The first-order valence-electron chi connectivity index (χ1n) is 14.4. The highest BCUT2D eigenvalue weighted by molar-refractivity contribution is 5.83. The van der Waals surface area contributed by atoms with Crippen LogP contribution in [0.25, 0.3) is 0 Å². The normalized spacial score (nSPS) is 10.6. The van der Waals surface area contributed by atoms with E-state index in [9.17, 15) is 38.4 Å². The van der Waals surface area contributed by atoms with E-state index < -0.39 is 111 Å². The minimum Gasteiger partial charge on any atom is -0.464 e. The summed E-state index contributed by atoms with van der Waals surface area (Å²) in [6.07, 6.45) is 7.00. The van der Waals surface area contributed by atoms with E-state index >= 15 is 0 Å². The lowest BCUT2D eigenvalue weighted by Crippen LogP contribution is -2.43. The number of carbonyl (C=O) groups is 8. The van der Waals surface area contributed by atoms with E-state index in [0.717, 1.165) is 36.5 Å². The van der Waals surface area contributed by atoms with E-state index in [1.54, 1.807) is 0 Å². The minimum absolute atomic E-state index is 0.370. The lowest BCUT2D eigenvalue weighted by Gasteiger charge is -2.31. The summed E-state index contributed by atoms with van der Waals surface area (Å²) in [5.41, 5.74) is -3.07. The second-order valence-corrected chi connectivity index (χ2v) is 10.1. The van der Waals surface area contributed by atoms with Crippen LogP contribution in [0.5, 0.6) is 0 Å². The molecule has 0 N–H and O–H groups in total.